The molecule has 0 aliphatic carbocycles. The summed E-state index contributed by atoms with van der Waals surface area (Å²) in [6.07, 6.45) is 1.27. The van der Waals surface area contributed by atoms with Gasteiger partial charge in [-0.05, 0) is 48.5 Å². The van der Waals surface area contributed by atoms with E-state index in [1.807, 2.05) is 0 Å². The molecule has 140 valence electrons. The number of carbonyl (C=O) groups is 2. The van der Waals surface area contributed by atoms with Crippen molar-refractivity contribution >= 4 is 34.8 Å². The molecule has 8 heteroatoms. The number of amides is 2. The standard InChI is InChI=1S/C19H19FN4O2S/c20-14-9-7-13(8-10-14)12-21-19(27)23-22-18(26)15-4-1-2-5-16(15)24-11-3-6-17(24)25/h1-2,4-5,7-10H,3,6,11-12H2,(H,22,26)(H2,21,23,27). The van der Waals surface area contributed by atoms with Crippen molar-refractivity contribution in [1.82, 2.24) is 16.2 Å². The van der Waals surface area contributed by atoms with Crippen LogP contribution < -0.4 is 21.1 Å². The van der Waals surface area contributed by atoms with Crippen LogP contribution in [-0.4, -0.2) is 23.5 Å². The van der Waals surface area contributed by atoms with Gasteiger partial charge in [0.25, 0.3) is 5.91 Å². The molecule has 0 aromatic heterocycles. The minimum Gasteiger partial charge on any atom is -0.357 e. The molecule has 3 rings (SSSR count). The third-order valence-electron chi connectivity index (χ3n) is 4.17. The van der Waals surface area contributed by atoms with Gasteiger partial charge in [0.2, 0.25) is 5.91 Å². The fraction of sp³-hybridized carbons (Fsp3) is 0.211. The summed E-state index contributed by atoms with van der Waals surface area (Å²) in [5, 5.41) is 3.15. The highest BCUT2D eigenvalue weighted by molar-refractivity contribution is 7.80. The normalized spacial score (nSPS) is 13.4. The number of hydrazine groups is 1. The molecule has 6 nitrogen and oxygen atoms in total. The molecule has 0 spiro atoms. The van der Waals surface area contributed by atoms with Gasteiger partial charge in [0, 0.05) is 19.5 Å². The quantitative estimate of drug-likeness (QED) is 0.555. The first-order valence-corrected chi connectivity index (χ1v) is 8.93. The van der Waals surface area contributed by atoms with E-state index in [4.69, 9.17) is 12.2 Å². The van der Waals surface area contributed by atoms with Crippen LogP contribution in [-0.2, 0) is 11.3 Å². The van der Waals surface area contributed by atoms with Crippen LogP contribution in [0.5, 0.6) is 0 Å². The molecule has 2 aromatic rings. The van der Waals surface area contributed by atoms with Gasteiger partial charge in [0.15, 0.2) is 5.11 Å². The smallest absolute Gasteiger partial charge is 0.271 e. The van der Waals surface area contributed by atoms with Crippen LogP contribution in [0.3, 0.4) is 0 Å². The van der Waals surface area contributed by atoms with E-state index >= 15 is 0 Å². The summed E-state index contributed by atoms with van der Waals surface area (Å²) < 4.78 is 12.9. The molecular weight excluding hydrogens is 367 g/mol. The largest absolute Gasteiger partial charge is 0.357 e. The Morgan fingerprint density at radius 1 is 1.11 bits per heavy atom. The lowest BCUT2D eigenvalue weighted by Crippen LogP contribution is -2.46. The second-order valence-electron chi connectivity index (χ2n) is 6.05. The number of carbonyl (C=O) groups excluding carboxylic acids is 2. The Hall–Kier alpha value is -3.00. The summed E-state index contributed by atoms with van der Waals surface area (Å²) in [7, 11) is 0. The number of halogens is 1. The van der Waals surface area contributed by atoms with Crippen LogP contribution in [0.4, 0.5) is 10.1 Å². The highest BCUT2D eigenvalue weighted by Crippen LogP contribution is 2.25. The van der Waals surface area contributed by atoms with Crippen LogP contribution >= 0.6 is 12.2 Å². The van der Waals surface area contributed by atoms with Gasteiger partial charge in [-0.25, -0.2) is 4.39 Å². The number of nitrogens with zero attached hydrogens (tertiary/aromatic N) is 1. The number of thiocarbonyl (C=S) groups is 1. The van der Waals surface area contributed by atoms with Gasteiger partial charge in [-0.15, -0.1) is 0 Å². The molecule has 3 N–H and O–H groups in total. The number of nitrogens with one attached hydrogen (secondary N) is 3. The van der Waals surface area contributed by atoms with Crippen molar-refractivity contribution in [2.24, 2.45) is 0 Å². The molecular formula is C19H19FN4O2S. The molecule has 1 fully saturated rings. The predicted molar refractivity (Wildman–Crippen MR) is 104 cm³/mol. The van der Waals surface area contributed by atoms with Crippen molar-refractivity contribution < 1.29 is 14.0 Å². The molecule has 0 radical (unpaired) electrons. The van der Waals surface area contributed by atoms with Crippen LogP contribution in [0.1, 0.15) is 28.8 Å². The number of hydrogen-bond donors (Lipinski definition) is 3. The average molecular weight is 386 g/mol. The summed E-state index contributed by atoms with van der Waals surface area (Å²) in [4.78, 5) is 26.1. The minimum atomic E-state index is -0.392. The molecule has 27 heavy (non-hydrogen) atoms. The van der Waals surface area contributed by atoms with Crippen molar-refractivity contribution in [3.05, 3.63) is 65.5 Å². The van der Waals surface area contributed by atoms with Gasteiger partial charge in [-0.3, -0.25) is 20.4 Å². The lowest BCUT2D eigenvalue weighted by atomic mass is 10.1. The third-order valence-corrected chi connectivity index (χ3v) is 4.42. The second kappa shape index (κ2) is 8.59. The molecule has 2 aromatic carbocycles. The number of para-hydroxylation sites is 1. The Morgan fingerprint density at radius 3 is 2.56 bits per heavy atom. The Morgan fingerprint density at radius 2 is 1.85 bits per heavy atom. The summed E-state index contributed by atoms with van der Waals surface area (Å²) in [6, 6.07) is 13.0. The fourth-order valence-electron chi connectivity index (χ4n) is 2.81. The van der Waals surface area contributed by atoms with Crippen LogP contribution in [0, 0.1) is 5.82 Å². The molecule has 0 atom stereocenters. The van der Waals surface area contributed by atoms with Crippen molar-refractivity contribution in [2.45, 2.75) is 19.4 Å². The molecule has 1 saturated heterocycles. The van der Waals surface area contributed by atoms with Crippen molar-refractivity contribution in [1.29, 1.82) is 0 Å². The summed E-state index contributed by atoms with van der Waals surface area (Å²) >= 11 is 5.13. The van der Waals surface area contributed by atoms with E-state index in [2.05, 4.69) is 16.2 Å². The van der Waals surface area contributed by atoms with Crippen molar-refractivity contribution in [3.63, 3.8) is 0 Å². The van der Waals surface area contributed by atoms with Crippen molar-refractivity contribution in [3.8, 4) is 0 Å². The topological polar surface area (TPSA) is 73.5 Å². The van der Waals surface area contributed by atoms with E-state index in [0.717, 1.165) is 12.0 Å². The Balaban J connectivity index is 1.55. The molecule has 1 heterocycles. The Labute approximate surface area is 161 Å². The number of benzene rings is 2. The second-order valence-corrected chi connectivity index (χ2v) is 6.46. The van der Waals surface area contributed by atoms with E-state index in [9.17, 15) is 14.0 Å². The predicted octanol–water partition coefficient (Wildman–Crippen LogP) is 2.26. The van der Waals surface area contributed by atoms with Gasteiger partial charge in [0.1, 0.15) is 5.82 Å². The first kappa shape index (κ1) is 18.8. The minimum absolute atomic E-state index is 0.0136. The molecule has 0 unspecified atom stereocenters. The van der Waals surface area contributed by atoms with Crippen molar-refractivity contribution in [2.75, 3.05) is 11.4 Å². The van der Waals surface area contributed by atoms with Crippen LogP contribution in [0.15, 0.2) is 48.5 Å². The van der Waals surface area contributed by atoms with Gasteiger partial charge < -0.3 is 10.2 Å². The summed E-state index contributed by atoms with van der Waals surface area (Å²) in [6.45, 7) is 0.995. The monoisotopic (exact) mass is 386 g/mol. The number of anilines is 1. The van der Waals surface area contributed by atoms with Crippen LogP contribution in [0.2, 0.25) is 0 Å². The Bertz CT molecular complexity index is 857. The highest BCUT2D eigenvalue weighted by Gasteiger charge is 2.25. The third kappa shape index (κ3) is 4.79. The fourth-order valence-corrected chi connectivity index (χ4v) is 2.94. The molecule has 1 aliphatic rings. The number of hydrogen-bond acceptors (Lipinski definition) is 3. The zero-order chi connectivity index (χ0) is 19.2. The summed E-state index contributed by atoms with van der Waals surface area (Å²) in [5.41, 5.74) is 7.00. The lowest BCUT2D eigenvalue weighted by Gasteiger charge is -2.19. The van der Waals surface area contributed by atoms with Gasteiger partial charge in [0.05, 0.1) is 11.3 Å². The maximum Gasteiger partial charge on any atom is 0.271 e. The van der Waals surface area contributed by atoms with E-state index in [0.29, 0.717) is 30.8 Å². The SMILES string of the molecule is O=C(NNC(=S)NCc1ccc(F)cc1)c1ccccc1N1CCCC1=O. The zero-order valence-corrected chi connectivity index (χ0v) is 15.3. The zero-order valence-electron chi connectivity index (χ0n) is 14.5. The van der Waals surface area contributed by atoms with Crippen LogP contribution in [0.25, 0.3) is 0 Å². The Kier molecular flexibility index (Phi) is 5.97. The molecule has 0 saturated carbocycles. The van der Waals surface area contributed by atoms with E-state index < -0.39 is 5.91 Å². The molecule has 0 bridgehead atoms. The first-order valence-electron chi connectivity index (χ1n) is 8.52. The van der Waals surface area contributed by atoms with Gasteiger partial charge >= 0.3 is 0 Å². The maximum absolute atomic E-state index is 12.9. The van der Waals surface area contributed by atoms with E-state index in [1.54, 1.807) is 41.3 Å². The summed E-state index contributed by atoms with van der Waals surface area (Å²) in [5.74, 6) is -0.683. The first-order chi connectivity index (χ1) is 13.0. The molecule has 2 amide bonds. The molecule has 1 aliphatic heterocycles. The lowest BCUT2D eigenvalue weighted by molar-refractivity contribution is -0.117. The van der Waals surface area contributed by atoms with E-state index in [1.165, 1.54) is 12.1 Å². The van der Waals surface area contributed by atoms with Gasteiger partial charge in [-0.1, -0.05) is 24.3 Å². The van der Waals surface area contributed by atoms with Gasteiger partial charge in [-0.2, -0.15) is 0 Å². The maximum atomic E-state index is 12.9. The number of rotatable bonds is 4. The van der Waals surface area contributed by atoms with E-state index in [-0.39, 0.29) is 16.8 Å². The highest BCUT2D eigenvalue weighted by atomic mass is 32.1. The average Bonchev–Trinajstić information content (AvgIpc) is 3.11.